The molecule has 3 aromatic rings. The Kier molecular flexibility index (Phi) is 4.08. The highest BCUT2D eigenvalue weighted by atomic mass is 16.5. The molecule has 146 valence electrons. The highest BCUT2D eigenvalue weighted by Crippen LogP contribution is 2.32. The number of nitrogens with one attached hydrogen (secondary N) is 1. The van der Waals surface area contributed by atoms with E-state index in [1.807, 2.05) is 13.0 Å². The van der Waals surface area contributed by atoms with E-state index in [1.54, 1.807) is 22.4 Å². The zero-order chi connectivity index (χ0) is 19.3. The molecular weight excluding hydrogens is 358 g/mol. The predicted molar refractivity (Wildman–Crippen MR) is 105 cm³/mol. The van der Waals surface area contributed by atoms with E-state index in [4.69, 9.17) is 9.47 Å². The summed E-state index contributed by atoms with van der Waals surface area (Å²) in [6.07, 6.45) is 3.58. The number of aromatic nitrogens is 4. The lowest BCUT2D eigenvalue weighted by Gasteiger charge is -2.11. The summed E-state index contributed by atoms with van der Waals surface area (Å²) in [6.45, 7) is 4.81. The molecule has 1 atom stereocenters. The van der Waals surface area contributed by atoms with E-state index in [1.165, 1.54) is 5.56 Å². The van der Waals surface area contributed by atoms with Gasteiger partial charge in [0.25, 0.3) is 0 Å². The Hall–Kier alpha value is -2.87. The molecule has 0 aliphatic carbocycles. The third-order valence-electron chi connectivity index (χ3n) is 5.63. The van der Waals surface area contributed by atoms with E-state index in [9.17, 15) is 4.79 Å². The average Bonchev–Trinajstić information content (AvgIpc) is 3.40. The molecule has 2 aliphatic heterocycles. The lowest BCUT2D eigenvalue weighted by Crippen LogP contribution is -2.25. The lowest BCUT2D eigenvalue weighted by atomic mass is 10.1. The molecule has 1 N–H and O–H groups in total. The summed E-state index contributed by atoms with van der Waals surface area (Å²) in [7, 11) is 1.76. The third kappa shape index (κ3) is 2.84. The molecule has 0 spiro atoms. The fraction of sp³-hybridized carbons (Fsp3) is 0.450. The van der Waals surface area contributed by atoms with Crippen molar-refractivity contribution in [3.8, 4) is 5.75 Å². The van der Waals surface area contributed by atoms with Gasteiger partial charge in [0.1, 0.15) is 11.3 Å². The van der Waals surface area contributed by atoms with Gasteiger partial charge in [-0.05, 0) is 36.6 Å². The minimum atomic E-state index is -0.0702. The van der Waals surface area contributed by atoms with Crippen molar-refractivity contribution in [2.75, 3.05) is 25.1 Å². The SMILES string of the molecule is Cc1cc2c(cc1Nc1ncc3c(n1)n(CC1CCOC1)c(=O)n3C)CCO2. The Morgan fingerprint density at radius 2 is 2.21 bits per heavy atom. The molecule has 28 heavy (non-hydrogen) atoms. The Labute approximate surface area is 162 Å². The molecule has 0 saturated carbocycles. The van der Waals surface area contributed by atoms with Crippen molar-refractivity contribution in [2.45, 2.75) is 26.3 Å². The van der Waals surface area contributed by atoms with Crippen LogP contribution in [-0.4, -0.2) is 38.9 Å². The van der Waals surface area contributed by atoms with Gasteiger partial charge >= 0.3 is 5.69 Å². The highest BCUT2D eigenvalue weighted by molar-refractivity contribution is 5.73. The van der Waals surface area contributed by atoms with E-state index < -0.39 is 0 Å². The average molecular weight is 381 g/mol. The monoisotopic (exact) mass is 381 g/mol. The molecule has 1 fully saturated rings. The number of fused-ring (bicyclic) bond motifs is 2. The second-order valence-corrected chi connectivity index (χ2v) is 7.58. The molecule has 5 rings (SSSR count). The largest absolute Gasteiger partial charge is 0.493 e. The van der Waals surface area contributed by atoms with Crippen molar-refractivity contribution < 1.29 is 9.47 Å². The van der Waals surface area contributed by atoms with E-state index in [0.29, 0.717) is 30.7 Å². The normalized spacial score (nSPS) is 18.4. The topological polar surface area (TPSA) is 83.2 Å². The van der Waals surface area contributed by atoms with Gasteiger partial charge in [-0.3, -0.25) is 9.13 Å². The first-order chi connectivity index (χ1) is 13.6. The smallest absolute Gasteiger partial charge is 0.330 e. The van der Waals surface area contributed by atoms with Crippen LogP contribution in [0.5, 0.6) is 5.75 Å². The summed E-state index contributed by atoms with van der Waals surface area (Å²) < 4.78 is 14.4. The van der Waals surface area contributed by atoms with Gasteiger partial charge in [0.15, 0.2) is 5.65 Å². The number of anilines is 2. The van der Waals surface area contributed by atoms with Gasteiger partial charge in [0.05, 0.1) is 19.4 Å². The Bertz CT molecular complexity index is 1110. The molecule has 1 saturated heterocycles. The maximum absolute atomic E-state index is 12.7. The van der Waals surface area contributed by atoms with Crippen LogP contribution in [0.2, 0.25) is 0 Å². The predicted octanol–water partition coefficient (Wildman–Crippen LogP) is 2.15. The molecule has 0 bridgehead atoms. The zero-order valence-electron chi connectivity index (χ0n) is 16.1. The van der Waals surface area contributed by atoms with Crippen LogP contribution < -0.4 is 15.7 Å². The number of hydrogen-bond acceptors (Lipinski definition) is 6. The minimum Gasteiger partial charge on any atom is -0.493 e. The summed E-state index contributed by atoms with van der Waals surface area (Å²) in [6, 6.07) is 4.14. The second-order valence-electron chi connectivity index (χ2n) is 7.58. The summed E-state index contributed by atoms with van der Waals surface area (Å²) in [4.78, 5) is 21.8. The van der Waals surface area contributed by atoms with Crippen molar-refractivity contribution >= 4 is 22.8 Å². The van der Waals surface area contributed by atoms with Crippen LogP contribution in [0.3, 0.4) is 0 Å². The van der Waals surface area contributed by atoms with Gasteiger partial charge in [-0.15, -0.1) is 0 Å². The molecule has 2 aromatic heterocycles. The number of hydrogen-bond donors (Lipinski definition) is 1. The van der Waals surface area contributed by atoms with Crippen molar-refractivity contribution in [1.82, 2.24) is 19.1 Å². The summed E-state index contributed by atoms with van der Waals surface area (Å²) in [5, 5.41) is 3.32. The molecule has 4 heterocycles. The van der Waals surface area contributed by atoms with Crippen LogP contribution >= 0.6 is 0 Å². The van der Waals surface area contributed by atoms with Crippen LogP contribution in [0, 0.1) is 12.8 Å². The van der Waals surface area contributed by atoms with Gasteiger partial charge in [0.2, 0.25) is 5.95 Å². The fourth-order valence-corrected chi connectivity index (χ4v) is 3.97. The summed E-state index contributed by atoms with van der Waals surface area (Å²) in [5.41, 5.74) is 4.52. The minimum absolute atomic E-state index is 0.0702. The van der Waals surface area contributed by atoms with E-state index in [2.05, 4.69) is 21.4 Å². The van der Waals surface area contributed by atoms with E-state index in [-0.39, 0.29) is 5.69 Å². The van der Waals surface area contributed by atoms with Crippen LogP contribution in [0.15, 0.2) is 23.1 Å². The van der Waals surface area contributed by atoms with Gasteiger partial charge in [-0.2, -0.15) is 4.98 Å². The Morgan fingerprint density at radius 3 is 3.04 bits per heavy atom. The molecule has 0 radical (unpaired) electrons. The lowest BCUT2D eigenvalue weighted by molar-refractivity contribution is 0.182. The van der Waals surface area contributed by atoms with E-state index in [0.717, 1.165) is 48.6 Å². The molecule has 0 amide bonds. The molecule has 8 heteroatoms. The first-order valence-corrected chi connectivity index (χ1v) is 9.63. The number of rotatable bonds is 4. The summed E-state index contributed by atoms with van der Waals surface area (Å²) in [5.74, 6) is 1.78. The Balaban J connectivity index is 1.51. The molecule has 8 nitrogen and oxygen atoms in total. The van der Waals surface area contributed by atoms with Crippen LogP contribution in [0.4, 0.5) is 11.6 Å². The standard InChI is InChI=1S/C20H23N5O3/c1-12-7-17-14(4-6-28-17)8-15(12)22-19-21-9-16-18(23-19)25(20(26)24(16)2)10-13-3-5-27-11-13/h7-9,13H,3-6,10-11H2,1-2H3,(H,21,22,23). The molecular formula is C20H23N5O3. The van der Waals surface area contributed by atoms with Crippen molar-refractivity contribution in [1.29, 1.82) is 0 Å². The molecule has 1 aromatic carbocycles. The van der Waals surface area contributed by atoms with Gasteiger partial charge in [-0.25, -0.2) is 9.78 Å². The number of ether oxygens (including phenoxy) is 2. The van der Waals surface area contributed by atoms with Crippen molar-refractivity contribution in [3.63, 3.8) is 0 Å². The first kappa shape index (κ1) is 17.2. The number of imidazole rings is 1. The summed E-state index contributed by atoms with van der Waals surface area (Å²) >= 11 is 0. The van der Waals surface area contributed by atoms with E-state index >= 15 is 0 Å². The number of aryl methyl sites for hydroxylation is 2. The number of nitrogens with zero attached hydrogens (tertiary/aromatic N) is 4. The Morgan fingerprint density at radius 1 is 1.32 bits per heavy atom. The van der Waals surface area contributed by atoms with Crippen molar-refractivity contribution in [2.24, 2.45) is 13.0 Å². The third-order valence-corrected chi connectivity index (χ3v) is 5.63. The first-order valence-electron chi connectivity index (χ1n) is 9.63. The quantitative estimate of drug-likeness (QED) is 0.746. The molecule has 1 unspecified atom stereocenters. The van der Waals surface area contributed by atoms with Crippen LogP contribution in [-0.2, 0) is 24.8 Å². The fourth-order valence-electron chi connectivity index (χ4n) is 3.97. The zero-order valence-corrected chi connectivity index (χ0v) is 16.1. The van der Waals surface area contributed by atoms with Crippen LogP contribution in [0.25, 0.3) is 11.2 Å². The highest BCUT2D eigenvalue weighted by Gasteiger charge is 2.21. The van der Waals surface area contributed by atoms with Crippen LogP contribution in [0.1, 0.15) is 17.5 Å². The second kappa shape index (κ2) is 6.63. The maximum atomic E-state index is 12.7. The molecule has 2 aliphatic rings. The van der Waals surface area contributed by atoms with Gasteiger partial charge < -0.3 is 14.8 Å². The van der Waals surface area contributed by atoms with Gasteiger partial charge in [-0.1, -0.05) is 0 Å². The maximum Gasteiger partial charge on any atom is 0.330 e. The number of benzene rings is 1. The van der Waals surface area contributed by atoms with Gasteiger partial charge in [0, 0.05) is 38.2 Å². The van der Waals surface area contributed by atoms with Crippen molar-refractivity contribution in [3.05, 3.63) is 39.9 Å².